The molecule has 1 N–H and O–H groups in total. The van der Waals surface area contributed by atoms with Crippen molar-refractivity contribution in [3.8, 4) is 0 Å². The molecule has 4 nitrogen and oxygen atoms in total. The van der Waals surface area contributed by atoms with Crippen LogP contribution >= 0.6 is 0 Å². The van der Waals surface area contributed by atoms with Crippen molar-refractivity contribution in [1.29, 1.82) is 0 Å². The molecule has 0 spiro atoms. The molecule has 0 aliphatic rings. The largest absolute Gasteiger partial charge is 0.481 e. The van der Waals surface area contributed by atoms with Gasteiger partial charge >= 0.3 is 5.97 Å². The van der Waals surface area contributed by atoms with Gasteiger partial charge in [0.2, 0.25) is 0 Å². The summed E-state index contributed by atoms with van der Waals surface area (Å²) in [4.78, 5) is 11.3. The van der Waals surface area contributed by atoms with Gasteiger partial charge in [0.25, 0.3) is 0 Å². The van der Waals surface area contributed by atoms with Gasteiger partial charge < -0.3 is 14.6 Å². The van der Waals surface area contributed by atoms with E-state index >= 15 is 0 Å². The van der Waals surface area contributed by atoms with Gasteiger partial charge in [0.15, 0.2) is 0 Å². The van der Waals surface area contributed by atoms with E-state index in [2.05, 4.69) is 0 Å². The van der Waals surface area contributed by atoms with Gasteiger partial charge in [0, 0.05) is 13.7 Å². The maximum absolute atomic E-state index is 11.3. The lowest BCUT2D eigenvalue weighted by atomic mass is 9.93. The summed E-state index contributed by atoms with van der Waals surface area (Å²) < 4.78 is 10.2. The van der Waals surface area contributed by atoms with Gasteiger partial charge in [-0.25, -0.2) is 0 Å². The van der Waals surface area contributed by atoms with Crippen molar-refractivity contribution in [3.05, 3.63) is 35.4 Å². The summed E-state index contributed by atoms with van der Waals surface area (Å²) in [6.07, 6.45) is 1.98. The molecule has 1 aromatic carbocycles. The van der Waals surface area contributed by atoms with E-state index in [9.17, 15) is 9.90 Å². The number of aliphatic carboxylic acids is 1. The van der Waals surface area contributed by atoms with Gasteiger partial charge in [-0.15, -0.1) is 0 Å². The first-order valence-electron chi connectivity index (χ1n) is 6.99. The third kappa shape index (κ3) is 6.17. The van der Waals surface area contributed by atoms with Crippen LogP contribution in [-0.4, -0.2) is 38.0 Å². The van der Waals surface area contributed by atoms with Crippen molar-refractivity contribution in [2.75, 3.05) is 26.9 Å². The first-order valence-corrected chi connectivity index (χ1v) is 6.99. The normalized spacial score (nSPS) is 12.3. The van der Waals surface area contributed by atoms with Crippen molar-refractivity contribution < 1.29 is 19.4 Å². The second-order valence-corrected chi connectivity index (χ2v) is 4.91. The van der Waals surface area contributed by atoms with Crippen molar-refractivity contribution in [2.24, 2.45) is 5.92 Å². The smallest absolute Gasteiger partial charge is 0.306 e. The summed E-state index contributed by atoms with van der Waals surface area (Å²) in [7, 11) is 1.63. The Morgan fingerprint density at radius 1 is 1.25 bits per heavy atom. The van der Waals surface area contributed by atoms with E-state index in [0.717, 1.165) is 17.5 Å². The lowest BCUT2D eigenvalue weighted by Crippen LogP contribution is -2.18. The summed E-state index contributed by atoms with van der Waals surface area (Å²) in [5, 5.41) is 9.31. The van der Waals surface area contributed by atoms with E-state index < -0.39 is 5.97 Å². The van der Waals surface area contributed by atoms with E-state index in [4.69, 9.17) is 9.47 Å². The number of methoxy groups -OCH3 is 1. The van der Waals surface area contributed by atoms with Crippen LogP contribution < -0.4 is 0 Å². The fourth-order valence-corrected chi connectivity index (χ4v) is 2.09. The highest BCUT2D eigenvalue weighted by Gasteiger charge is 2.18. The molecule has 0 amide bonds. The van der Waals surface area contributed by atoms with Crippen LogP contribution in [0.4, 0.5) is 0 Å². The van der Waals surface area contributed by atoms with E-state index in [0.29, 0.717) is 32.7 Å². The molecule has 20 heavy (non-hydrogen) atoms. The maximum Gasteiger partial charge on any atom is 0.306 e. The molecule has 1 unspecified atom stereocenters. The molecule has 1 aromatic rings. The lowest BCUT2D eigenvalue weighted by molar-refractivity contribution is -0.142. The predicted octanol–water partition coefficient (Wildman–Crippen LogP) is 2.68. The fourth-order valence-electron chi connectivity index (χ4n) is 2.09. The molecule has 0 aromatic heterocycles. The van der Waals surface area contributed by atoms with Gasteiger partial charge in [0.1, 0.15) is 0 Å². The van der Waals surface area contributed by atoms with Gasteiger partial charge in [-0.2, -0.15) is 0 Å². The van der Waals surface area contributed by atoms with Crippen LogP contribution in [0.25, 0.3) is 0 Å². The number of carboxylic acids is 1. The molecule has 0 fully saturated rings. The third-order valence-electron chi connectivity index (χ3n) is 3.35. The van der Waals surface area contributed by atoms with Gasteiger partial charge in [0.05, 0.1) is 19.1 Å². The fraction of sp³-hybridized carbons (Fsp3) is 0.562. The minimum atomic E-state index is -0.731. The Morgan fingerprint density at radius 3 is 2.65 bits per heavy atom. The molecule has 1 atom stereocenters. The van der Waals surface area contributed by atoms with Crippen LogP contribution in [0.1, 0.15) is 24.0 Å². The van der Waals surface area contributed by atoms with Gasteiger partial charge in [-0.05, 0) is 37.3 Å². The first-order chi connectivity index (χ1) is 9.65. The Hall–Kier alpha value is -1.39. The minimum Gasteiger partial charge on any atom is -0.481 e. The summed E-state index contributed by atoms with van der Waals surface area (Å²) in [5.74, 6) is -1.08. The molecule has 0 saturated heterocycles. The summed E-state index contributed by atoms with van der Waals surface area (Å²) >= 11 is 0. The highest BCUT2D eigenvalue weighted by Crippen LogP contribution is 2.17. The van der Waals surface area contributed by atoms with E-state index in [1.807, 2.05) is 31.2 Å². The van der Waals surface area contributed by atoms with Crippen LogP contribution in [0.3, 0.4) is 0 Å². The lowest BCUT2D eigenvalue weighted by Gasteiger charge is -2.14. The van der Waals surface area contributed by atoms with E-state index in [1.54, 1.807) is 7.11 Å². The molecular weight excluding hydrogens is 256 g/mol. The number of ether oxygens (including phenoxy) is 2. The highest BCUT2D eigenvalue weighted by molar-refractivity contribution is 5.70. The van der Waals surface area contributed by atoms with Crippen molar-refractivity contribution in [2.45, 2.75) is 26.2 Å². The molecule has 4 heteroatoms. The number of hydrogen-bond donors (Lipinski definition) is 1. The van der Waals surface area contributed by atoms with Crippen LogP contribution in [0.5, 0.6) is 0 Å². The maximum atomic E-state index is 11.3. The van der Waals surface area contributed by atoms with Crippen molar-refractivity contribution in [3.63, 3.8) is 0 Å². The quantitative estimate of drug-likeness (QED) is 0.669. The standard InChI is InChI=1S/C16H24O4/c1-13-6-3-4-7-14(13)12-15(16(17)18)8-5-9-20-11-10-19-2/h3-4,6-7,15H,5,8-12H2,1-2H3,(H,17,18). The zero-order valence-corrected chi connectivity index (χ0v) is 12.3. The Bertz CT molecular complexity index is 403. The number of carbonyl (C=O) groups is 1. The number of carboxylic acid groups (broad SMARTS) is 1. The summed E-state index contributed by atoms with van der Waals surface area (Å²) in [6.45, 7) is 3.74. The molecule has 0 radical (unpaired) electrons. The zero-order valence-electron chi connectivity index (χ0n) is 12.3. The third-order valence-corrected chi connectivity index (χ3v) is 3.35. The van der Waals surface area contributed by atoms with E-state index in [1.165, 1.54) is 0 Å². The number of benzene rings is 1. The van der Waals surface area contributed by atoms with Gasteiger partial charge in [-0.3, -0.25) is 4.79 Å². The van der Waals surface area contributed by atoms with E-state index in [-0.39, 0.29) is 5.92 Å². The van der Waals surface area contributed by atoms with Crippen LogP contribution in [0.2, 0.25) is 0 Å². The average molecular weight is 280 g/mol. The molecule has 0 bridgehead atoms. The first kappa shape index (κ1) is 16.7. The van der Waals surface area contributed by atoms with Crippen molar-refractivity contribution >= 4 is 5.97 Å². The molecule has 112 valence electrons. The zero-order chi connectivity index (χ0) is 14.8. The molecule has 1 rings (SSSR count). The Kier molecular flexibility index (Phi) is 7.92. The molecule has 0 heterocycles. The van der Waals surface area contributed by atoms with Crippen LogP contribution in [0, 0.1) is 12.8 Å². The number of rotatable bonds is 10. The molecule has 0 aliphatic carbocycles. The average Bonchev–Trinajstić information content (AvgIpc) is 2.43. The topological polar surface area (TPSA) is 55.8 Å². The Balaban J connectivity index is 2.38. The predicted molar refractivity (Wildman–Crippen MR) is 77.9 cm³/mol. The second kappa shape index (κ2) is 9.50. The Labute approximate surface area is 120 Å². The van der Waals surface area contributed by atoms with Crippen LogP contribution in [0.15, 0.2) is 24.3 Å². The minimum absolute atomic E-state index is 0.345. The highest BCUT2D eigenvalue weighted by atomic mass is 16.5. The summed E-state index contributed by atoms with van der Waals surface area (Å²) in [5.41, 5.74) is 2.26. The second-order valence-electron chi connectivity index (χ2n) is 4.91. The monoisotopic (exact) mass is 280 g/mol. The summed E-state index contributed by atoms with van der Waals surface area (Å²) in [6, 6.07) is 7.94. The number of hydrogen-bond acceptors (Lipinski definition) is 3. The molecule has 0 saturated carbocycles. The number of aryl methyl sites for hydroxylation is 1. The van der Waals surface area contributed by atoms with Crippen molar-refractivity contribution in [1.82, 2.24) is 0 Å². The van der Waals surface area contributed by atoms with Gasteiger partial charge in [-0.1, -0.05) is 24.3 Å². The molecular formula is C16H24O4. The SMILES string of the molecule is COCCOCCCC(Cc1ccccc1C)C(=O)O. The van der Waals surface area contributed by atoms with Crippen LogP contribution in [-0.2, 0) is 20.7 Å². The molecule has 0 aliphatic heterocycles. The Morgan fingerprint density at radius 2 is 2.00 bits per heavy atom.